The van der Waals surface area contributed by atoms with E-state index in [2.05, 4.69) is 15.8 Å². The molecule has 0 spiro atoms. The molecular weight excluding hydrogens is 554 g/mol. The number of anilines is 2. The molecule has 4 aromatic rings. The second-order valence-electron chi connectivity index (χ2n) is 11.0. The summed E-state index contributed by atoms with van der Waals surface area (Å²) in [6.07, 6.45) is -0.886. The quantitative estimate of drug-likeness (QED) is 0.182. The van der Waals surface area contributed by atoms with Crippen LogP contribution in [0.4, 0.5) is 11.5 Å². The zero-order chi connectivity index (χ0) is 30.4. The van der Waals surface area contributed by atoms with Crippen LogP contribution in [0.5, 0.6) is 0 Å². The number of nitrogens with one attached hydrogen (secondary N) is 2. The second kappa shape index (κ2) is 13.4. The van der Waals surface area contributed by atoms with E-state index in [9.17, 15) is 18.3 Å². The van der Waals surface area contributed by atoms with E-state index >= 15 is 0 Å². The van der Waals surface area contributed by atoms with Crippen LogP contribution in [-0.2, 0) is 21.2 Å². The lowest BCUT2D eigenvalue weighted by Crippen LogP contribution is -2.52. The number of aliphatic hydroxyl groups is 1. The third kappa shape index (κ3) is 7.47. The largest absolute Gasteiger partial charge is 0.390 e. The molecule has 0 fully saturated rings. The van der Waals surface area contributed by atoms with Crippen molar-refractivity contribution in [1.82, 2.24) is 14.8 Å². The Labute approximate surface area is 246 Å². The SMILES string of the molecule is Cc1cccc(C)c1NCC(=O)NC(Cc1ccccc1)C(O)CN(CC(C)C)S(=O)(=O)c1ccc2onc(N)c2c1. The summed E-state index contributed by atoms with van der Waals surface area (Å²) in [4.78, 5) is 13.1. The number of nitrogen functional groups attached to an aromatic ring is 1. The minimum Gasteiger partial charge on any atom is -0.390 e. The first-order valence-electron chi connectivity index (χ1n) is 13.9. The van der Waals surface area contributed by atoms with Crippen molar-refractivity contribution in [2.75, 3.05) is 30.7 Å². The summed E-state index contributed by atoms with van der Waals surface area (Å²) >= 11 is 0. The van der Waals surface area contributed by atoms with Gasteiger partial charge in [-0.3, -0.25) is 4.79 Å². The van der Waals surface area contributed by atoms with Gasteiger partial charge in [0, 0.05) is 18.8 Å². The molecule has 0 aliphatic rings. The standard InChI is InChI=1S/C31H39N5O5S/c1-20(2)18-36(42(39,40)24-13-14-28-25(16-24)31(32)35-41-28)19-27(37)26(15-23-11-6-5-7-12-23)34-29(38)17-33-30-21(3)9-8-10-22(30)4/h5-14,16,20,26-27,33,37H,15,17-19H2,1-4H3,(H2,32,35)(H,34,38). The number of fused-ring (bicyclic) bond motifs is 1. The van der Waals surface area contributed by atoms with Crippen molar-refractivity contribution < 1.29 is 22.8 Å². The van der Waals surface area contributed by atoms with E-state index in [1.165, 1.54) is 22.5 Å². The fourth-order valence-corrected chi connectivity index (χ4v) is 6.58. The second-order valence-corrected chi connectivity index (χ2v) is 12.9. The number of hydrogen-bond donors (Lipinski definition) is 4. The van der Waals surface area contributed by atoms with Gasteiger partial charge in [-0.15, -0.1) is 0 Å². The van der Waals surface area contributed by atoms with Crippen molar-refractivity contribution >= 4 is 38.4 Å². The number of rotatable bonds is 13. The van der Waals surface area contributed by atoms with E-state index in [0.29, 0.717) is 17.4 Å². The van der Waals surface area contributed by atoms with E-state index < -0.39 is 22.2 Å². The van der Waals surface area contributed by atoms with Gasteiger partial charge in [0.2, 0.25) is 15.9 Å². The summed E-state index contributed by atoms with van der Waals surface area (Å²) in [5.74, 6) is -0.248. The van der Waals surface area contributed by atoms with Crippen molar-refractivity contribution in [3.05, 3.63) is 83.4 Å². The molecule has 0 saturated carbocycles. The Balaban J connectivity index is 1.56. The molecule has 0 aliphatic carbocycles. The van der Waals surface area contributed by atoms with E-state index in [1.54, 1.807) is 0 Å². The average Bonchev–Trinajstić information content (AvgIpc) is 3.32. The van der Waals surface area contributed by atoms with Gasteiger partial charge in [0.15, 0.2) is 11.4 Å². The number of nitrogens with two attached hydrogens (primary N) is 1. The lowest BCUT2D eigenvalue weighted by Gasteiger charge is -2.31. The number of hydrogen-bond acceptors (Lipinski definition) is 8. The van der Waals surface area contributed by atoms with Crippen molar-refractivity contribution in [2.45, 2.75) is 51.2 Å². The average molecular weight is 594 g/mol. The summed E-state index contributed by atoms with van der Waals surface area (Å²) in [6, 6.07) is 19.0. The molecule has 1 amide bonds. The third-order valence-electron chi connectivity index (χ3n) is 7.08. The molecule has 2 unspecified atom stereocenters. The van der Waals surface area contributed by atoms with Crippen LogP contribution in [0.2, 0.25) is 0 Å². The molecule has 4 rings (SSSR count). The molecule has 1 aromatic heterocycles. The van der Waals surface area contributed by atoms with Crippen LogP contribution in [0.25, 0.3) is 11.0 Å². The van der Waals surface area contributed by atoms with E-state index in [-0.39, 0.29) is 42.2 Å². The number of aryl methyl sites for hydroxylation is 2. The smallest absolute Gasteiger partial charge is 0.243 e. The van der Waals surface area contributed by atoms with Crippen LogP contribution in [0.1, 0.15) is 30.5 Å². The van der Waals surface area contributed by atoms with Crippen molar-refractivity contribution in [3.63, 3.8) is 0 Å². The number of carbonyl (C=O) groups excluding carboxylic acids is 1. The summed E-state index contributed by atoms with van der Waals surface area (Å²) in [5.41, 5.74) is 10.1. The van der Waals surface area contributed by atoms with Crippen molar-refractivity contribution in [3.8, 4) is 0 Å². The lowest BCUT2D eigenvalue weighted by molar-refractivity contribution is -0.121. The maximum absolute atomic E-state index is 13.8. The molecule has 1 heterocycles. The Morgan fingerprint density at radius 1 is 1.02 bits per heavy atom. The Morgan fingerprint density at radius 3 is 2.38 bits per heavy atom. The molecule has 0 bridgehead atoms. The first kappa shape index (κ1) is 31.0. The summed E-state index contributed by atoms with van der Waals surface area (Å²) < 4.78 is 34.0. The monoisotopic (exact) mass is 593 g/mol. The van der Waals surface area contributed by atoms with Gasteiger partial charge in [0.05, 0.1) is 29.0 Å². The topological polar surface area (TPSA) is 151 Å². The molecular formula is C31H39N5O5S. The predicted molar refractivity (Wildman–Crippen MR) is 165 cm³/mol. The fraction of sp³-hybridized carbons (Fsp3) is 0.355. The van der Waals surface area contributed by atoms with Crippen LogP contribution in [-0.4, -0.2) is 60.7 Å². The fourth-order valence-electron chi connectivity index (χ4n) is 4.93. The van der Waals surface area contributed by atoms with E-state index in [4.69, 9.17) is 10.3 Å². The number of carbonyl (C=O) groups is 1. The highest BCUT2D eigenvalue weighted by Gasteiger charge is 2.32. The molecule has 0 saturated heterocycles. The molecule has 224 valence electrons. The Hall–Kier alpha value is -3.93. The number of nitrogens with zero attached hydrogens (tertiary/aromatic N) is 2. The van der Waals surface area contributed by atoms with Crippen LogP contribution in [0.15, 0.2) is 76.1 Å². The minimum atomic E-state index is -4.04. The zero-order valence-electron chi connectivity index (χ0n) is 24.4. The van der Waals surface area contributed by atoms with E-state index in [1.807, 2.05) is 76.2 Å². The van der Waals surface area contributed by atoms with Gasteiger partial charge in [0.1, 0.15) is 0 Å². The number of amides is 1. The molecule has 42 heavy (non-hydrogen) atoms. The molecule has 0 radical (unpaired) electrons. The molecule has 2 atom stereocenters. The normalized spacial score (nSPS) is 13.4. The summed E-state index contributed by atoms with van der Waals surface area (Å²) in [5, 5.41) is 21.7. The molecule has 11 heteroatoms. The van der Waals surface area contributed by atoms with Gasteiger partial charge in [-0.25, -0.2) is 8.42 Å². The summed E-state index contributed by atoms with van der Waals surface area (Å²) in [6.45, 7) is 7.67. The predicted octanol–water partition coefficient (Wildman–Crippen LogP) is 3.87. The van der Waals surface area contributed by atoms with Crippen LogP contribution >= 0.6 is 0 Å². The van der Waals surface area contributed by atoms with Gasteiger partial charge >= 0.3 is 0 Å². The maximum Gasteiger partial charge on any atom is 0.243 e. The lowest BCUT2D eigenvalue weighted by atomic mass is 10.0. The summed E-state index contributed by atoms with van der Waals surface area (Å²) in [7, 11) is -4.04. The van der Waals surface area contributed by atoms with Gasteiger partial charge < -0.3 is 26.0 Å². The minimum absolute atomic E-state index is 0.00210. The highest BCUT2D eigenvalue weighted by molar-refractivity contribution is 7.89. The Bertz CT molecular complexity index is 1600. The maximum atomic E-state index is 13.8. The number of para-hydroxylation sites is 1. The van der Waals surface area contributed by atoms with Gasteiger partial charge in [-0.05, 0) is 61.1 Å². The number of benzene rings is 3. The van der Waals surface area contributed by atoms with Crippen molar-refractivity contribution in [2.24, 2.45) is 5.92 Å². The van der Waals surface area contributed by atoms with Gasteiger partial charge in [0.25, 0.3) is 0 Å². The highest BCUT2D eigenvalue weighted by atomic mass is 32.2. The number of aliphatic hydroxyl groups excluding tert-OH is 1. The van der Waals surface area contributed by atoms with Gasteiger partial charge in [-0.1, -0.05) is 67.5 Å². The Kier molecular flexibility index (Phi) is 9.87. The molecule has 10 nitrogen and oxygen atoms in total. The number of sulfonamides is 1. The van der Waals surface area contributed by atoms with Gasteiger partial charge in [-0.2, -0.15) is 4.31 Å². The molecule has 3 aromatic carbocycles. The van der Waals surface area contributed by atoms with Crippen LogP contribution < -0.4 is 16.4 Å². The van der Waals surface area contributed by atoms with Crippen molar-refractivity contribution in [1.29, 1.82) is 0 Å². The third-order valence-corrected chi connectivity index (χ3v) is 8.91. The first-order valence-corrected chi connectivity index (χ1v) is 15.4. The first-order chi connectivity index (χ1) is 20.0. The molecule has 0 aliphatic heterocycles. The van der Waals surface area contributed by atoms with Crippen LogP contribution in [0.3, 0.4) is 0 Å². The van der Waals surface area contributed by atoms with E-state index in [0.717, 1.165) is 22.4 Å². The molecule has 5 N–H and O–H groups in total. The number of aromatic nitrogens is 1. The zero-order valence-corrected chi connectivity index (χ0v) is 25.2. The highest BCUT2D eigenvalue weighted by Crippen LogP contribution is 2.26. The van der Waals surface area contributed by atoms with Crippen LogP contribution in [0, 0.1) is 19.8 Å². The Morgan fingerprint density at radius 2 is 1.71 bits per heavy atom.